The van der Waals surface area contributed by atoms with Gasteiger partial charge in [0.05, 0.1) is 17.9 Å². The van der Waals surface area contributed by atoms with Crippen molar-refractivity contribution in [1.29, 1.82) is 0 Å². The molecule has 1 fully saturated rings. The number of hydrogen-bond acceptors (Lipinski definition) is 6. The van der Waals surface area contributed by atoms with Gasteiger partial charge in [0.25, 0.3) is 11.5 Å². The van der Waals surface area contributed by atoms with Crippen LogP contribution < -0.4 is 10.5 Å². The number of fused-ring (bicyclic) bond motifs is 1. The van der Waals surface area contributed by atoms with E-state index in [9.17, 15) is 9.59 Å². The Kier molecular flexibility index (Phi) is 5.43. The lowest BCUT2D eigenvalue weighted by atomic mass is 9.95. The number of likely N-dealkylation sites (tertiary alicyclic amines) is 1. The average molecular weight is 399 g/mol. The molecule has 1 aliphatic carbocycles. The number of rotatable bonds is 4. The van der Waals surface area contributed by atoms with Crippen LogP contribution in [0, 0.1) is 0 Å². The minimum absolute atomic E-state index is 0.0918. The van der Waals surface area contributed by atoms with E-state index in [1.807, 2.05) is 11.9 Å². The summed E-state index contributed by atoms with van der Waals surface area (Å²) in [6.45, 7) is 5.27. The molecule has 0 saturated carbocycles. The van der Waals surface area contributed by atoms with Gasteiger partial charge in [0.2, 0.25) is 0 Å². The highest BCUT2D eigenvalue weighted by Gasteiger charge is 2.31. The summed E-state index contributed by atoms with van der Waals surface area (Å²) < 4.78 is 6.94. The van der Waals surface area contributed by atoms with Gasteiger partial charge in [0.15, 0.2) is 5.69 Å². The molecular weight excluding hydrogens is 370 g/mol. The number of amides is 1. The van der Waals surface area contributed by atoms with Crippen molar-refractivity contribution in [2.24, 2.45) is 0 Å². The van der Waals surface area contributed by atoms with Crippen LogP contribution in [0.4, 0.5) is 5.69 Å². The van der Waals surface area contributed by atoms with Gasteiger partial charge in [-0.15, -0.1) is 0 Å². The highest BCUT2D eigenvalue weighted by Crippen LogP contribution is 2.27. The first kappa shape index (κ1) is 19.7. The summed E-state index contributed by atoms with van der Waals surface area (Å²) in [6, 6.07) is 1.78. The van der Waals surface area contributed by atoms with Gasteiger partial charge < -0.3 is 14.3 Å². The van der Waals surface area contributed by atoms with E-state index < -0.39 is 0 Å². The van der Waals surface area contributed by atoms with E-state index in [2.05, 4.69) is 24.1 Å². The Morgan fingerprint density at radius 1 is 1.28 bits per heavy atom. The van der Waals surface area contributed by atoms with Gasteiger partial charge >= 0.3 is 0 Å². The lowest BCUT2D eigenvalue weighted by molar-refractivity contribution is 0.0658. The number of carbonyl (C=O) groups is 1. The van der Waals surface area contributed by atoms with Crippen molar-refractivity contribution in [3.05, 3.63) is 39.6 Å². The quantitative estimate of drug-likeness (QED) is 0.785. The largest absolute Gasteiger partial charge is 0.371 e. The molecule has 4 rings (SSSR count). The fourth-order valence-corrected chi connectivity index (χ4v) is 4.21. The van der Waals surface area contributed by atoms with Gasteiger partial charge in [-0.1, -0.05) is 5.16 Å². The Bertz CT molecular complexity index is 948. The number of piperidine rings is 1. The van der Waals surface area contributed by atoms with E-state index in [-0.39, 0.29) is 23.6 Å². The maximum atomic E-state index is 13.1. The second kappa shape index (κ2) is 8.00. The number of aryl methyl sites for hydroxylation is 1. The molecule has 0 spiro atoms. The van der Waals surface area contributed by atoms with Crippen molar-refractivity contribution >= 4 is 11.6 Å². The predicted octanol–water partition coefficient (Wildman–Crippen LogP) is 2.43. The van der Waals surface area contributed by atoms with Crippen LogP contribution in [0.2, 0.25) is 0 Å². The van der Waals surface area contributed by atoms with Crippen LogP contribution >= 0.6 is 0 Å². The molecule has 1 aliphatic heterocycles. The molecule has 1 amide bonds. The van der Waals surface area contributed by atoms with Crippen LogP contribution in [0.3, 0.4) is 0 Å². The topological polar surface area (TPSA) is 84.5 Å². The zero-order valence-corrected chi connectivity index (χ0v) is 17.4. The number of hydrogen-bond donors (Lipinski definition) is 0. The smallest absolute Gasteiger partial charge is 0.276 e. The highest BCUT2D eigenvalue weighted by molar-refractivity contribution is 5.94. The van der Waals surface area contributed by atoms with Crippen LogP contribution in [-0.4, -0.2) is 51.9 Å². The monoisotopic (exact) mass is 399 g/mol. The lowest BCUT2D eigenvalue weighted by Crippen LogP contribution is -2.44. The van der Waals surface area contributed by atoms with Crippen LogP contribution in [0.5, 0.6) is 0 Å². The van der Waals surface area contributed by atoms with Crippen LogP contribution in [0.25, 0.3) is 0 Å². The Morgan fingerprint density at radius 2 is 2.07 bits per heavy atom. The Balaban J connectivity index is 1.52. The van der Waals surface area contributed by atoms with E-state index in [1.54, 1.807) is 17.2 Å². The summed E-state index contributed by atoms with van der Waals surface area (Å²) in [5.41, 5.74) is 2.10. The van der Waals surface area contributed by atoms with Crippen LogP contribution in [0.15, 0.2) is 21.6 Å². The van der Waals surface area contributed by atoms with Gasteiger partial charge in [-0.25, -0.2) is 4.68 Å². The molecule has 1 unspecified atom stereocenters. The fourth-order valence-electron chi connectivity index (χ4n) is 4.21. The molecule has 3 heterocycles. The molecule has 2 aliphatic rings. The van der Waals surface area contributed by atoms with E-state index in [4.69, 9.17) is 4.52 Å². The van der Waals surface area contributed by atoms with Crippen molar-refractivity contribution in [2.75, 3.05) is 25.0 Å². The third-order valence-corrected chi connectivity index (χ3v) is 6.18. The minimum Gasteiger partial charge on any atom is -0.371 e. The first-order chi connectivity index (χ1) is 14.0. The molecular formula is C21H29N5O3. The third kappa shape index (κ3) is 3.80. The number of nitrogens with zero attached hydrogens (tertiary/aromatic N) is 5. The van der Waals surface area contributed by atoms with Crippen LogP contribution in [0.1, 0.15) is 67.4 Å². The minimum atomic E-state index is -0.131. The average Bonchev–Trinajstić information content (AvgIpc) is 3.16. The van der Waals surface area contributed by atoms with Crippen molar-refractivity contribution in [1.82, 2.24) is 19.8 Å². The highest BCUT2D eigenvalue weighted by atomic mass is 16.5. The summed E-state index contributed by atoms with van der Waals surface area (Å²) in [4.78, 5) is 29.6. The molecule has 156 valence electrons. The summed E-state index contributed by atoms with van der Waals surface area (Å²) in [5, 5.41) is 8.50. The Hall–Kier alpha value is -2.64. The van der Waals surface area contributed by atoms with Crippen molar-refractivity contribution in [3.63, 3.8) is 0 Å². The standard InChI is InChI=1S/C21H29N5O3/c1-14(2)24(3)16-11-19(27)26(22-12-16)15-7-6-10-25(13-15)21(28)20-17-8-4-5-9-18(17)29-23-20/h11-12,14-15H,4-10,13H2,1-3H3. The van der Waals surface area contributed by atoms with E-state index in [0.717, 1.165) is 55.5 Å². The molecule has 2 aromatic heterocycles. The molecule has 0 N–H and O–H groups in total. The first-order valence-electron chi connectivity index (χ1n) is 10.5. The lowest BCUT2D eigenvalue weighted by Gasteiger charge is -2.33. The second-order valence-corrected chi connectivity index (χ2v) is 8.39. The molecule has 0 bridgehead atoms. The van der Waals surface area contributed by atoms with E-state index >= 15 is 0 Å². The molecule has 29 heavy (non-hydrogen) atoms. The second-order valence-electron chi connectivity index (χ2n) is 8.39. The molecule has 8 heteroatoms. The van der Waals surface area contributed by atoms with Crippen molar-refractivity contribution < 1.29 is 9.32 Å². The number of anilines is 1. The Labute approximate surface area is 170 Å². The maximum Gasteiger partial charge on any atom is 0.276 e. The zero-order valence-electron chi connectivity index (χ0n) is 17.4. The number of carbonyl (C=O) groups excluding carboxylic acids is 1. The summed E-state index contributed by atoms with van der Waals surface area (Å²) in [5.74, 6) is 0.765. The molecule has 1 saturated heterocycles. The summed E-state index contributed by atoms with van der Waals surface area (Å²) in [6.07, 6.45) is 7.24. The fraction of sp³-hybridized carbons (Fsp3) is 0.619. The SMILES string of the molecule is CC(C)N(C)c1cnn(C2CCCN(C(=O)c3noc4c3CCCC4)C2)c(=O)c1. The normalized spacial score (nSPS) is 19.3. The maximum absolute atomic E-state index is 13.1. The Morgan fingerprint density at radius 3 is 2.83 bits per heavy atom. The van der Waals surface area contributed by atoms with Crippen LogP contribution in [-0.2, 0) is 12.8 Å². The first-order valence-corrected chi connectivity index (χ1v) is 10.5. The molecule has 0 aromatic carbocycles. The zero-order chi connectivity index (χ0) is 20.5. The van der Waals surface area contributed by atoms with E-state index in [0.29, 0.717) is 18.8 Å². The van der Waals surface area contributed by atoms with Crippen molar-refractivity contribution in [3.8, 4) is 0 Å². The van der Waals surface area contributed by atoms with Gasteiger partial charge in [0, 0.05) is 44.2 Å². The molecule has 2 aromatic rings. The van der Waals surface area contributed by atoms with Gasteiger partial charge in [0.1, 0.15) is 5.76 Å². The molecule has 1 atom stereocenters. The summed E-state index contributed by atoms with van der Waals surface area (Å²) in [7, 11) is 1.95. The third-order valence-electron chi connectivity index (χ3n) is 6.18. The van der Waals surface area contributed by atoms with Crippen molar-refractivity contribution in [2.45, 2.75) is 64.5 Å². The summed E-state index contributed by atoms with van der Waals surface area (Å²) >= 11 is 0. The molecule has 0 radical (unpaired) electrons. The van der Waals surface area contributed by atoms with Gasteiger partial charge in [-0.05, 0) is 46.0 Å². The van der Waals surface area contributed by atoms with Gasteiger partial charge in [-0.3, -0.25) is 9.59 Å². The molecule has 8 nitrogen and oxygen atoms in total. The van der Waals surface area contributed by atoms with E-state index in [1.165, 1.54) is 4.68 Å². The van der Waals surface area contributed by atoms with Gasteiger partial charge in [-0.2, -0.15) is 5.10 Å². The number of aromatic nitrogens is 3. The predicted molar refractivity (Wildman–Crippen MR) is 109 cm³/mol.